The van der Waals surface area contributed by atoms with Gasteiger partial charge >= 0.3 is 0 Å². The van der Waals surface area contributed by atoms with Crippen LogP contribution in [0.15, 0.2) is 6.20 Å². The summed E-state index contributed by atoms with van der Waals surface area (Å²) >= 11 is 0. The van der Waals surface area contributed by atoms with E-state index in [1.807, 2.05) is 13.8 Å². The largest absolute Gasteiger partial charge is 0.473 e. The molecule has 17 heavy (non-hydrogen) atoms. The summed E-state index contributed by atoms with van der Waals surface area (Å²) in [6.07, 6.45) is 2.95. The monoisotopic (exact) mass is 235 g/mol. The van der Waals surface area contributed by atoms with Crippen molar-refractivity contribution in [3.05, 3.63) is 17.6 Å². The number of nitrogens with one attached hydrogen (secondary N) is 1. The van der Waals surface area contributed by atoms with Crippen LogP contribution >= 0.6 is 0 Å². The predicted octanol–water partition coefficient (Wildman–Crippen LogP) is 1.86. The van der Waals surface area contributed by atoms with E-state index in [-0.39, 0.29) is 11.5 Å². The van der Waals surface area contributed by atoms with Gasteiger partial charge in [0.15, 0.2) is 0 Å². The molecule has 1 unspecified atom stereocenters. The Labute approximate surface area is 103 Å². The third-order valence-corrected chi connectivity index (χ3v) is 3.47. The van der Waals surface area contributed by atoms with E-state index in [2.05, 4.69) is 29.1 Å². The lowest BCUT2D eigenvalue weighted by molar-refractivity contribution is 0.0410. The molecule has 0 bridgehead atoms. The normalized spacial score (nSPS) is 23.4. The van der Waals surface area contributed by atoms with Crippen molar-refractivity contribution in [1.29, 1.82) is 0 Å². The molecule has 0 aromatic carbocycles. The maximum atomic E-state index is 5.99. The van der Waals surface area contributed by atoms with Gasteiger partial charge in [0.1, 0.15) is 6.10 Å². The summed E-state index contributed by atoms with van der Waals surface area (Å²) < 4.78 is 5.99. The Morgan fingerprint density at radius 3 is 2.76 bits per heavy atom. The summed E-state index contributed by atoms with van der Waals surface area (Å²) in [6.45, 7) is 10.3. The van der Waals surface area contributed by atoms with E-state index in [0.717, 1.165) is 30.9 Å². The first-order valence-corrected chi connectivity index (χ1v) is 6.17. The summed E-state index contributed by atoms with van der Waals surface area (Å²) in [7, 11) is 0. The fourth-order valence-corrected chi connectivity index (χ4v) is 2.09. The molecule has 1 N–H and O–H groups in total. The third kappa shape index (κ3) is 2.75. The Bertz CT molecular complexity index is 404. The van der Waals surface area contributed by atoms with Gasteiger partial charge in [-0.1, -0.05) is 13.8 Å². The predicted molar refractivity (Wildman–Crippen MR) is 67.2 cm³/mol. The van der Waals surface area contributed by atoms with Crippen LogP contribution in [0.3, 0.4) is 0 Å². The quantitative estimate of drug-likeness (QED) is 0.850. The van der Waals surface area contributed by atoms with Gasteiger partial charge < -0.3 is 10.1 Å². The highest BCUT2D eigenvalue weighted by Crippen LogP contribution is 2.28. The van der Waals surface area contributed by atoms with E-state index >= 15 is 0 Å². The van der Waals surface area contributed by atoms with E-state index in [4.69, 9.17) is 4.74 Å². The molecule has 1 fully saturated rings. The molecule has 2 rings (SSSR count). The average Bonchev–Trinajstić information content (AvgIpc) is 2.26. The third-order valence-electron chi connectivity index (χ3n) is 3.47. The number of nitrogens with zero attached hydrogens (tertiary/aromatic N) is 2. The van der Waals surface area contributed by atoms with Crippen molar-refractivity contribution < 1.29 is 4.74 Å². The SMILES string of the molecule is Cc1ncc(OC2CCNCC2(C)C)nc1C. The number of piperidine rings is 1. The molecular formula is C13H21N3O. The highest BCUT2D eigenvalue weighted by molar-refractivity contribution is 5.14. The van der Waals surface area contributed by atoms with Crippen LogP contribution in [0.1, 0.15) is 31.7 Å². The summed E-state index contributed by atoms with van der Waals surface area (Å²) in [5.74, 6) is 0.646. The molecule has 1 aromatic rings. The van der Waals surface area contributed by atoms with Gasteiger partial charge in [-0.05, 0) is 26.8 Å². The molecule has 1 saturated heterocycles. The van der Waals surface area contributed by atoms with Crippen molar-refractivity contribution in [2.24, 2.45) is 5.41 Å². The molecule has 1 aromatic heterocycles. The van der Waals surface area contributed by atoms with Crippen LogP contribution in [0.5, 0.6) is 5.88 Å². The van der Waals surface area contributed by atoms with E-state index in [1.165, 1.54) is 0 Å². The number of hydrogen-bond acceptors (Lipinski definition) is 4. The first kappa shape index (κ1) is 12.3. The summed E-state index contributed by atoms with van der Waals surface area (Å²) in [4.78, 5) is 8.72. The first-order chi connectivity index (χ1) is 7.99. The minimum atomic E-state index is 0.138. The van der Waals surface area contributed by atoms with Gasteiger partial charge in [0, 0.05) is 12.0 Å². The van der Waals surface area contributed by atoms with Crippen molar-refractivity contribution in [1.82, 2.24) is 15.3 Å². The highest BCUT2D eigenvalue weighted by Gasteiger charge is 2.34. The molecule has 0 amide bonds. The van der Waals surface area contributed by atoms with Crippen molar-refractivity contribution >= 4 is 0 Å². The second-order valence-electron chi connectivity index (χ2n) is 5.44. The first-order valence-electron chi connectivity index (χ1n) is 6.17. The summed E-state index contributed by atoms with van der Waals surface area (Å²) in [5.41, 5.74) is 2.04. The maximum Gasteiger partial charge on any atom is 0.232 e. The fourth-order valence-electron chi connectivity index (χ4n) is 2.09. The number of aromatic nitrogens is 2. The minimum Gasteiger partial charge on any atom is -0.473 e. The van der Waals surface area contributed by atoms with Crippen molar-refractivity contribution in [2.45, 2.75) is 40.2 Å². The molecule has 1 aliphatic rings. The lowest BCUT2D eigenvalue weighted by Gasteiger charge is -2.38. The zero-order valence-corrected chi connectivity index (χ0v) is 11.1. The lowest BCUT2D eigenvalue weighted by Crippen LogP contribution is -2.48. The molecule has 0 saturated carbocycles. The van der Waals surface area contributed by atoms with Crippen LogP contribution in [-0.2, 0) is 0 Å². The van der Waals surface area contributed by atoms with Crippen LogP contribution in [0.2, 0.25) is 0 Å². The number of aryl methyl sites for hydroxylation is 2. The molecule has 2 heterocycles. The molecule has 0 spiro atoms. The molecule has 1 aliphatic heterocycles. The maximum absolute atomic E-state index is 5.99. The number of ether oxygens (including phenoxy) is 1. The van der Waals surface area contributed by atoms with E-state index in [0.29, 0.717) is 5.88 Å². The van der Waals surface area contributed by atoms with E-state index < -0.39 is 0 Å². The average molecular weight is 235 g/mol. The molecular weight excluding hydrogens is 214 g/mol. The van der Waals surface area contributed by atoms with Gasteiger partial charge in [-0.2, -0.15) is 0 Å². The standard InChI is InChI=1S/C13H21N3O/c1-9-10(2)16-12(7-15-9)17-11-5-6-14-8-13(11,3)4/h7,11,14H,5-6,8H2,1-4H3. The van der Waals surface area contributed by atoms with Gasteiger partial charge in [-0.15, -0.1) is 0 Å². The Balaban J connectivity index is 2.11. The zero-order valence-electron chi connectivity index (χ0n) is 11.1. The van der Waals surface area contributed by atoms with E-state index in [9.17, 15) is 0 Å². The van der Waals surface area contributed by atoms with Crippen LogP contribution in [0, 0.1) is 19.3 Å². The van der Waals surface area contributed by atoms with Gasteiger partial charge in [0.25, 0.3) is 0 Å². The van der Waals surface area contributed by atoms with Crippen molar-refractivity contribution in [3.8, 4) is 5.88 Å². The smallest absolute Gasteiger partial charge is 0.232 e. The van der Waals surface area contributed by atoms with Gasteiger partial charge in [-0.3, -0.25) is 4.98 Å². The highest BCUT2D eigenvalue weighted by atomic mass is 16.5. The second-order valence-corrected chi connectivity index (χ2v) is 5.44. The fraction of sp³-hybridized carbons (Fsp3) is 0.692. The van der Waals surface area contributed by atoms with E-state index in [1.54, 1.807) is 6.20 Å². The molecule has 4 heteroatoms. The van der Waals surface area contributed by atoms with Crippen molar-refractivity contribution in [3.63, 3.8) is 0 Å². The van der Waals surface area contributed by atoms with Crippen molar-refractivity contribution in [2.75, 3.05) is 13.1 Å². The van der Waals surface area contributed by atoms with Crippen LogP contribution in [0.4, 0.5) is 0 Å². The molecule has 0 aliphatic carbocycles. The molecule has 1 atom stereocenters. The molecule has 4 nitrogen and oxygen atoms in total. The van der Waals surface area contributed by atoms with Crippen LogP contribution < -0.4 is 10.1 Å². The summed E-state index contributed by atoms with van der Waals surface area (Å²) in [5, 5.41) is 3.40. The van der Waals surface area contributed by atoms with Gasteiger partial charge in [0.2, 0.25) is 5.88 Å². The van der Waals surface area contributed by atoms with Crippen LogP contribution in [0.25, 0.3) is 0 Å². The molecule has 94 valence electrons. The topological polar surface area (TPSA) is 47.0 Å². The molecule has 0 radical (unpaired) electrons. The Morgan fingerprint density at radius 1 is 1.35 bits per heavy atom. The number of rotatable bonds is 2. The number of hydrogen-bond donors (Lipinski definition) is 1. The lowest BCUT2D eigenvalue weighted by atomic mass is 9.82. The second kappa shape index (κ2) is 4.61. The Hall–Kier alpha value is -1.16. The van der Waals surface area contributed by atoms with Gasteiger partial charge in [-0.25, -0.2) is 4.98 Å². The Kier molecular flexibility index (Phi) is 3.33. The Morgan fingerprint density at radius 2 is 2.12 bits per heavy atom. The minimum absolute atomic E-state index is 0.138. The van der Waals surface area contributed by atoms with Gasteiger partial charge in [0.05, 0.1) is 17.6 Å². The zero-order chi connectivity index (χ0) is 12.5. The summed E-state index contributed by atoms with van der Waals surface area (Å²) in [6, 6.07) is 0. The van der Waals surface area contributed by atoms with Crippen LogP contribution in [-0.4, -0.2) is 29.2 Å².